The standard InChI is InChI=1S/C25H31NOSi/c1-18(2)26-22-17-11-16-21(25(26)27)24(22)28(3,4)23(19-12-7-5-8-13-19)20-14-9-6-10-15-20/h5-15,17-18,21-24H,16H2,1-4H3/t21-,22+,24+/m0/s1. The van der Waals surface area contributed by atoms with Gasteiger partial charge in [0.2, 0.25) is 5.91 Å². The maximum Gasteiger partial charge on any atom is 0.226 e. The van der Waals surface area contributed by atoms with Crippen LogP contribution in [-0.2, 0) is 4.79 Å². The minimum atomic E-state index is -1.92. The molecule has 0 unspecified atom stereocenters. The zero-order valence-electron chi connectivity index (χ0n) is 17.4. The number of likely N-dealkylation sites (tertiary alicyclic amines) is 1. The lowest BCUT2D eigenvalue weighted by Gasteiger charge is -2.44. The lowest BCUT2D eigenvalue weighted by atomic mass is 9.95. The van der Waals surface area contributed by atoms with E-state index in [2.05, 4.69) is 105 Å². The number of benzene rings is 2. The smallest absolute Gasteiger partial charge is 0.226 e. The zero-order chi connectivity index (χ0) is 19.9. The summed E-state index contributed by atoms with van der Waals surface area (Å²) in [5.41, 5.74) is 3.61. The Labute approximate surface area is 170 Å². The summed E-state index contributed by atoms with van der Waals surface area (Å²) < 4.78 is 0. The molecule has 3 atom stereocenters. The Morgan fingerprint density at radius 1 is 0.929 bits per heavy atom. The van der Waals surface area contributed by atoms with Gasteiger partial charge in [-0.15, -0.1) is 0 Å². The van der Waals surface area contributed by atoms with E-state index in [9.17, 15) is 4.79 Å². The molecule has 146 valence electrons. The SMILES string of the molecule is CC(C)N1C(=O)[C@H]2CC=C[C@@H]1[C@@H]2[Si](C)(C)C(c1ccccc1)c1ccccc1. The van der Waals surface area contributed by atoms with Gasteiger partial charge in [-0.3, -0.25) is 4.79 Å². The van der Waals surface area contributed by atoms with E-state index in [4.69, 9.17) is 0 Å². The molecule has 0 N–H and O–H groups in total. The predicted molar refractivity (Wildman–Crippen MR) is 119 cm³/mol. The minimum Gasteiger partial charge on any atom is -0.334 e. The fourth-order valence-electron chi connectivity index (χ4n) is 5.82. The fraction of sp³-hybridized carbons (Fsp3) is 0.400. The van der Waals surface area contributed by atoms with Crippen LogP contribution in [0.5, 0.6) is 0 Å². The average molecular weight is 390 g/mol. The highest BCUT2D eigenvalue weighted by Gasteiger charge is 2.57. The highest BCUT2D eigenvalue weighted by molar-refractivity contribution is 6.81. The molecule has 1 aliphatic carbocycles. The molecule has 2 aromatic carbocycles. The van der Waals surface area contributed by atoms with Crippen LogP contribution in [0, 0.1) is 5.92 Å². The van der Waals surface area contributed by atoms with Crippen molar-refractivity contribution in [3.05, 3.63) is 83.9 Å². The number of rotatable bonds is 5. The third kappa shape index (κ3) is 3.06. The summed E-state index contributed by atoms with van der Waals surface area (Å²) in [4.78, 5) is 15.5. The van der Waals surface area contributed by atoms with Crippen LogP contribution >= 0.6 is 0 Å². The molecular formula is C25H31NOSi. The van der Waals surface area contributed by atoms with Crippen molar-refractivity contribution in [2.45, 2.75) is 56.5 Å². The first-order chi connectivity index (χ1) is 13.4. The van der Waals surface area contributed by atoms with Crippen LogP contribution in [0.25, 0.3) is 0 Å². The summed E-state index contributed by atoms with van der Waals surface area (Å²) >= 11 is 0. The Kier molecular flexibility index (Phi) is 5.05. The Hall–Kier alpha value is -2.13. The minimum absolute atomic E-state index is 0.147. The Morgan fingerprint density at radius 3 is 1.96 bits per heavy atom. The summed E-state index contributed by atoms with van der Waals surface area (Å²) in [7, 11) is -1.92. The van der Waals surface area contributed by atoms with Gasteiger partial charge in [0, 0.05) is 17.5 Å². The van der Waals surface area contributed by atoms with E-state index in [1.165, 1.54) is 11.1 Å². The second kappa shape index (κ2) is 7.36. The summed E-state index contributed by atoms with van der Waals surface area (Å²) in [5, 5.41) is 0. The predicted octanol–water partition coefficient (Wildman–Crippen LogP) is 5.63. The summed E-state index contributed by atoms with van der Waals surface area (Å²) in [6, 6.07) is 22.4. The second-order valence-corrected chi connectivity index (χ2v) is 14.1. The quantitative estimate of drug-likeness (QED) is 0.479. The van der Waals surface area contributed by atoms with E-state index in [1.54, 1.807) is 0 Å². The van der Waals surface area contributed by atoms with Gasteiger partial charge < -0.3 is 4.90 Å². The summed E-state index contributed by atoms with van der Waals surface area (Å²) in [6.45, 7) is 9.34. The molecule has 4 rings (SSSR count). The van der Waals surface area contributed by atoms with Crippen LogP contribution in [0.3, 0.4) is 0 Å². The van der Waals surface area contributed by atoms with Crippen molar-refractivity contribution in [3.63, 3.8) is 0 Å². The van der Waals surface area contributed by atoms with E-state index >= 15 is 0 Å². The lowest BCUT2D eigenvalue weighted by Crippen LogP contribution is -2.48. The van der Waals surface area contributed by atoms with E-state index < -0.39 is 8.07 Å². The summed E-state index contributed by atoms with van der Waals surface area (Å²) in [6.07, 6.45) is 5.47. The van der Waals surface area contributed by atoms with E-state index in [0.717, 1.165) is 6.42 Å². The fourth-order valence-corrected chi connectivity index (χ4v) is 10.8. The Morgan fingerprint density at radius 2 is 1.46 bits per heavy atom. The van der Waals surface area contributed by atoms with Gasteiger partial charge in [-0.2, -0.15) is 0 Å². The topological polar surface area (TPSA) is 20.3 Å². The molecule has 0 radical (unpaired) electrons. The normalized spacial score (nSPS) is 24.4. The average Bonchev–Trinajstić information content (AvgIpc) is 2.87. The number of hydrogen-bond acceptors (Lipinski definition) is 1. The molecule has 2 aromatic rings. The van der Waals surface area contributed by atoms with E-state index in [0.29, 0.717) is 17.0 Å². The maximum atomic E-state index is 13.3. The molecule has 0 aromatic heterocycles. The number of amides is 1. The lowest BCUT2D eigenvalue weighted by molar-refractivity contribution is -0.132. The van der Waals surface area contributed by atoms with Gasteiger partial charge in [0.1, 0.15) is 0 Å². The first-order valence-electron chi connectivity index (χ1n) is 10.5. The molecule has 0 spiro atoms. The first-order valence-corrected chi connectivity index (χ1v) is 13.7. The highest BCUT2D eigenvalue weighted by Crippen LogP contribution is 2.53. The molecule has 0 saturated carbocycles. The largest absolute Gasteiger partial charge is 0.334 e. The van der Waals surface area contributed by atoms with Crippen molar-refractivity contribution in [2.75, 3.05) is 0 Å². The van der Waals surface area contributed by atoms with Crippen molar-refractivity contribution in [3.8, 4) is 0 Å². The second-order valence-electron chi connectivity index (χ2n) is 9.20. The molecule has 1 amide bonds. The van der Waals surface area contributed by atoms with Crippen molar-refractivity contribution < 1.29 is 4.79 Å². The maximum absolute atomic E-state index is 13.3. The van der Waals surface area contributed by atoms with Gasteiger partial charge in [0.25, 0.3) is 0 Å². The van der Waals surface area contributed by atoms with Crippen molar-refractivity contribution >= 4 is 14.0 Å². The molecule has 28 heavy (non-hydrogen) atoms. The molecule has 2 nitrogen and oxygen atoms in total. The van der Waals surface area contributed by atoms with E-state index in [-0.39, 0.29) is 18.0 Å². The number of fused-ring (bicyclic) bond motifs is 2. The van der Waals surface area contributed by atoms with E-state index in [1.807, 2.05) is 0 Å². The highest BCUT2D eigenvalue weighted by atomic mass is 28.3. The monoisotopic (exact) mass is 389 g/mol. The third-order valence-electron chi connectivity index (χ3n) is 6.84. The van der Waals surface area contributed by atoms with Crippen LogP contribution in [0.1, 0.15) is 36.9 Å². The Balaban J connectivity index is 1.82. The number of nitrogens with zero attached hydrogens (tertiary/aromatic N) is 1. The van der Waals surface area contributed by atoms with Gasteiger partial charge in [0.15, 0.2) is 0 Å². The number of hydrogen-bond donors (Lipinski definition) is 0. The zero-order valence-corrected chi connectivity index (χ0v) is 18.4. The van der Waals surface area contributed by atoms with Crippen LogP contribution < -0.4 is 0 Å². The van der Waals surface area contributed by atoms with Crippen LogP contribution in [0.4, 0.5) is 0 Å². The van der Waals surface area contributed by atoms with Crippen LogP contribution in [-0.4, -0.2) is 31.0 Å². The molecule has 2 aliphatic rings. The van der Waals surface area contributed by atoms with Gasteiger partial charge in [-0.05, 0) is 36.9 Å². The van der Waals surface area contributed by atoms with Crippen molar-refractivity contribution in [1.29, 1.82) is 0 Å². The molecule has 1 heterocycles. The Bertz CT molecular complexity index is 819. The number of carbonyl (C=O) groups is 1. The van der Waals surface area contributed by atoms with Crippen molar-refractivity contribution in [2.24, 2.45) is 5.92 Å². The van der Waals surface area contributed by atoms with Crippen molar-refractivity contribution in [1.82, 2.24) is 4.90 Å². The molecular weight excluding hydrogens is 358 g/mol. The van der Waals surface area contributed by atoms with Crippen LogP contribution in [0.2, 0.25) is 18.6 Å². The molecule has 2 bridgehead atoms. The molecule has 3 heteroatoms. The molecule has 1 fully saturated rings. The number of allylic oxidation sites excluding steroid dienone is 1. The van der Waals surface area contributed by atoms with Gasteiger partial charge in [-0.25, -0.2) is 0 Å². The molecule has 1 aliphatic heterocycles. The van der Waals surface area contributed by atoms with Gasteiger partial charge >= 0.3 is 0 Å². The summed E-state index contributed by atoms with van der Waals surface area (Å²) in [5.74, 6) is 0.518. The number of carbonyl (C=O) groups excluding carboxylic acids is 1. The van der Waals surface area contributed by atoms with Crippen LogP contribution in [0.15, 0.2) is 72.8 Å². The third-order valence-corrected chi connectivity index (χ3v) is 11.5. The molecule has 1 saturated heterocycles. The first kappa shape index (κ1) is 19.2. The van der Waals surface area contributed by atoms with Gasteiger partial charge in [0.05, 0.1) is 14.1 Å². The van der Waals surface area contributed by atoms with Gasteiger partial charge in [-0.1, -0.05) is 85.9 Å².